The molecule has 164 valence electrons. The molecule has 2 N–H and O–H groups in total. The lowest BCUT2D eigenvalue weighted by molar-refractivity contribution is 0.0608. The monoisotopic (exact) mass is 420 g/mol. The number of nitrogens with zero attached hydrogens (tertiary/aromatic N) is 1. The van der Waals surface area contributed by atoms with Crippen LogP contribution in [0.3, 0.4) is 0 Å². The van der Waals surface area contributed by atoms with Crippen molar-refractivity contribution in [2.45, 2.75) is 38.5 Å². The number of ether oxygens (including phenoxy) is 2. The van der Waals surface area contributed by atoms with Crippen LogP contribution in [0.25, 0.3) is 0 Å². The second-order valence-corrected chi connectivity index (χ2v) is 7.65. The van der Waals surface area contributed by atoms with Gasteiger partial charge in [-0.15, -0.1) is 0 Å². The van der Waals surface area contributed by atoms with E-state index >= 15 is 0 Å². The van der Waals surface area contributed by atoms with Gasteiger partial charge in [0.2, 0.25) is 0 Å². The summed E-state index contributed by atoms with van der Waals surface area (Å²) in [6, 6.07) is 8.93. The Labute approximate surface area is 176 Å². The van der Waals surface area contributed by atoms with Gasteiger partial charge in [0, 0.05) is 25.2 Å². The summed E-state index contributed by atoms with van der Waals surface area (Å²) in [4.78, 5) is 2.26. The molecule has 0 amide bonds. The van der Waals surface area contributed by atoms with E-state index in [2.05, 4.69) is 10.2 Å². The molecule has 3 rings (SSSR count). The van der Waals surface area contributed by atoms with Crippen molar-refractivity contribution in [2.24, 2.45) is 0 Å². The van der Waals surface area contributed by atoms with Crippen molar-refractivity contribution in [1.82, 2.24) is 10.2 Å². The first kappa shape index (κ1) is 22.5. The maximum Gasteiger partial charge on any atom is 0.161 e. The Morgan fingerprint density at radius 1 is 1.03 bits per heavy atom. The van der Waals surface area contributed by atoms with E-state index in [-0.39, 0.29) is 18.7 Å². The summed E-state index contributed by atoms with van der Waals surface area (Å²) in [5, 5.41) is 13.4. The first-order valence-electron chi connectivity index (χ1n) is 10.4. The Kier molecular flexibility index (Phi) is 8.42. The lowest BCUT2D eigenvalue weighted by atomic mass is 10.1. The van der Waals surface area contributed by atoms with Crippen molar-refractivity contribution in [1.29, 1.82) is 0 Å². The van der Waals surface area contributed by atoms with Crippen molar-refractivity contribution >= 4 is 0 Å². The summed E-state index contributed by atoms with van der Waals surface area (Å²) in [7, 11) is 1.57. The van der Waals surface area contributed by atoms with E-state index in [1.165, 1.54) is 25.3 Å². The van der Waals surface area contributed by atoms with Gasteiger partial charge in [-0.25, -0.2) is 8.78 Å². The van der Waals surface area contributed by atoms with Crippen LogP contribution in [0.4, 0.5) is 8.78 Å². The minimum atomic E-state index is -0.578. The highest BCUT2D eigenvalue weighted by Gasteiger charge is 2.16. The van der Waals surface area contributed by atoms with Gasteiger partial charge in [0.1, 0.15) is 24.3 Å². The fourth-order valence-corrected chi connectivity index (χ4v) is 3.64. The number of hydrogen-bond acceptors (Lipinski definition) is 5. The lowest BCUT2D eigenvalue weighted by Crippen LogP contribution is -2.38. The van der Waals surface area contributed by atoms with Gasteiger partial charge >= 0.3 is 0 Å². The van der Waals surface area contributed by atoms with E-state index in [9.17, 15) is 13.9 Å². The maximum absolute atomic E-state index is 13.7. The van der Waals surface area contributed by atoms with Gasteiger partial charge < -0.3 is 24.8 Å². The summed E-state index contributed by atoms with van der Waals surface area (Å²) in [5.41, 5.74) is 1.19. The smallest absolute Gasteiger partial charge is 0.161 e. The molecule has 1 saturated heterocycles. The topological polar surface area (TPSA) is 54.0 Å². The number of β-amino-alcohol motifs (C(OH)–C–C–N with tert-alkyl or cyclic N) is 1. The fraction of sp³-hybridized carbons (Fsp3) is 0.478. The maximum atomic E-state index is 13.7. The van der Waals surface area contributed by atoms with Crippen LogP contribution < -0.4 is 14.8 Å². The highest BCUT2D eigenvalue weighted by Crippen LogP contribution is 2.28. The number of aliphatic hydroxyl groups is 1. The van der Waals surface area contributed by atoms with E-state index in [1.807, 2.05) is 12.1 Å². The van der Waals surface area contributed by atoms with Gasteiger partial charge in [-0.05, 0) is 61.8 Å². The van der Waals surface area contributed by atoms with Crippen LogP contribution in [-0.2, 0) is 13.1 Å². The molecule has 0 spiro atoms. The summed E-state index contributed by atoms with van der Waals surface area (Å²) < 4.78 is 38.2. The lowest BCUT2D eigenvalue weighted by Gasteiger charge is -2.28. The van der Waals surface area contributed by atoms with E-state index < -0.39 is 17.7 Å². The van der Waals surface area contributed by atoms with Crippen LogP contribution in [0.2, 0.25) is 0 Å². The minimum Gasteiger partial charge on any atom is -0.493 e. The second kappa shape index (κ2) is 11.2. The van der Waals surface area contributed by atoms with Crippen LogP contribution in [0.5, 0.6) is 11.5 Å². The molecule has 0 radical (unpaired) electrons. The molecule has 5 nitrogen and oxygen atoms in total. The van der Waals surface area contributed by atoms with Crippen LogP contribution in [0, 0.1) is 11.6 Å². The number of nitrogens with one attached hydrogen (secondary N) is 1. The average molecular weight is 421 g/mol. The summed E-state index contributed by atoms with van der Waals surface area (Å²) in [6.45, 7) is 3.48. The van der Waals surface area contributed by atoms with Crippen molar-refractivity contribution in [3.8, 4) is 11.5 Å². The number of rotatable bonds is 10. The molecule has 1 heterocycles. The minimum absolute atomic E-state index is 0.179. The Morgan fingerprint density at radius 2 is 1.83 bits per heavy atom. The van der Waals surface area contributed by atoms with E-state index in [1.54, 1.807) is 13.2 Å². The zero-order valence-electron chi connectivity index (χ0n) is 17.4. The third kappa shape index (κ3) is 6.65. The number of likely N-dealkylation sites (tertiary alicyclic amines) is 1. The standard InChI is InChI=1S/C23H30F2N2O3/c1-29-22-8-5-17(13-26-14-18-12-19(24)6-7-21(18)25)11-23(22)30-16-20(28)15-27-9-3-2-4-10-27/h5-8,11-12,20,26,28H,2-4,9-10,13-16H2,1H3/t20-/m0/s1. The molecule has 0 bridgehead atoms. The first-order chi connectivity index (χ1) is 14.5. The third-order valence-electron chi connectivity index (χ3n) is 5.23. The zero-order chi connectivity index (χ0) is 21.3. The normalized spacial score (nSPS) is 15.7. The van der Waals surface area contributed by atoms with Gasteiger partial charge in [-0.1, -0.05) is 12.5 Å². The average Bonchev–Trinajstić information content (AvgIpc) is 2.75. The summed E-state index contributed by atoms with van der Waals surface area (Å²) >= 11 is 0. The molecule has 2 aromatic carbocycles. The highest BCUT2D eigenvalue weighted by atomic mass is 19.1. The largest absolute Gasteiger partial charge is 0.493 e. The van der Waals surface area contributed by atoms with E-state index in [0.717, 1.165) is 30.8 Å². The third-order valence-corrected chi connectivity index (χ3v) is 5.23. The number of piperidine rings is 1. The quantitative estimate of drug-likeness (QED) is 0.616. The first-order valence-corrected chi connectivity index (χ1v) is 10.4. The van der Waals surface area contributed by atoms with Gasteiger partial charge in [-0.2, -0.15) is 0 Å². The zero-order valence-corrected chi connectivity index (χ0v) is 17.4. The Morgan fingerprint density at radius 3 is 2.60 bits per heavy atom. The number of hydrogen-bond donors (Lipinski definition) is 2. The molecule has 0 saturated carbocycles. The number of aliphatic hydroxyl groups excluding tert-OH is 1. The van der Waals surface area contributed by atoms with Crippen LogP contribution in [-0.4, -0.2) is 49.5 Å². The summed E-state index contributed by atoms with van der Waals surface area (Å²) in [6.07, 6.45) is 3.03. The predicted molar refractivity (Wildman–Crippen MR) is 112 cm³/mol. The Balaban J connectivity index is 1.53. The van der Waals surface area contributed by atoms with E-state index in [4.69, 9.17) is 9.47 Å². The van der Waals surface area contributed by atoms with Crippen molar-refractivity contribution in [3.63, 3.8) is 0 Å². The van der Waals surface area contributed by atoms with Crippen molar-refractivity contribution in [2.75, 3.05) is 33.4 Å². The molecule has 0 unspecified atom stereocenters. The summed E-state index contributed by atoms with van der Waals surface area (Å²) in [5.74, 6) is 0.230. The number of halogens is 2. The van der Waals surface area contributed by atoms with Crippen LogP contribution >= 0.6 is 0 Å². The SMILES string of the molecule is COc1ccc(CNCc2cc(F)ccc2F)cc1OC[C@@H](O)CN1CCCCC1. The number of benzene rings is 2. The molecule has 7 heteroatoms. The van der Waals surface area contributed by atoms with Crippen molar-refractivity contribution in [3.05, 3.63) is 59.2 Å². The molecule has 30 heavy (non-hydrogen) atoms. The predicted octanol–water partition coefficient (Wildman–Crippen LogP) is 3.49. The molecule has 1 atom stereocenters. The van der Waals surface area contributed by atoms with Gasteiger partial charge in [0.05, 0.1) is 7.11 Å². The molecular formula is C23H30F2N2O3. The molecular weight excluding hydrogens is 390 g/mol. The molecule has 0 aromatic heterocycles. The molecule has 2 aromatic rings. The van der Waals surface area contributed by atoms with Gasteiger partial charge in [0.15, 0.2) is 11.5 Å². The Hall–Kier alpha value is -2.22. The van der Waals surface area contributed by atoms with E-state index in [0.29, 0.717) is 24.6 Å². The van der Waals surface area contributed by atoms with Gasteiger partial charge in [-0.3, -0.25) is 0 Å². The van der Waals surface area contributed by atoms with Crippen LogP contribution in [0.15, 0.2) is 36.4 Å². The molecule has 1 aliphatic heterocycles. The van der Waals surface area contributed by atoms with Crippen molar-refractivity contribution < 1.29 is 23.4 Å². The van der Waals surface area contributed by atoms with Gasteiger partial charge in [0.25, 0.3) is 0 Å². The molecule has 1 aliphatic rings. The Bertz CT molecular complexity index is 813. The number of methoxy groups -OCH3 is 1. The highest BCUT2D eigenvalue weighted by molar-refractivity contribution is 5.43. The second-order valence-electron chi connectivity index (χ2n) is 7.65. The molecule has 1 fully saturated rings. The molecule has 0 aliphatic carbocycles. The van der Waals surface area contributed by atoms with Crippen LogP contribution in [0.1, 0.15) is 30.4 Å². The fourth-order valence-electron chi connectivity index (χ4n) is 3.64.